The molecule has 0 amide bonds. The van der Waals surface area contributed by atoms with Crippen molar-refractivity contribution >= 4 is 11.2 Å². The number of aromatic nitrogens is 3. The van der Waals surface area contributed by atoms with Gasteiger partial charge in [0.1, 0.15) is 5.82 Å². The molecule has 0 aliphatic rings. The van der Waals surface area contributed by atoms with Crippen molar-refractivity contribution in [2.75, 3.05) is 7.11 Å². The van der Waals surface area contributed by atoms with E-state index in [0.29, 0.717) is 11.5 Å². The molecule has 0 aromatic carbocycles. The number of hydrogen-bond donors (Lipinski definition) is 2. The monoisotopic (exact) mass is 220 g/mol. The Morgan fingerprint density at radius 3 is 2.69 bits per heavy atom. The van der Waals surface area contributed by atoms with Gasteiger partial charge in [-0.05, 0) is 13.0 Å². The van der Waals surface area contributed by atoms with Crippen LogP contribution in [0.15, 0.2) is 12.1 Å². The summed E-state index contributed by atoms with van der Waals surface area (Å²) in [5.74, 6) is 1.62. The molecule has 0 saturated heterocycles. The third-order valence-electron chi connectivity index (χ3n) is 2.77. The number of ether oxygens (including phenoxy) is 1. The van der Waals surface area contributed by atoms with E-state index in [-0.39, 0.29) is 12.0 Å². The van der Waals surface area contributed by atoms with E-state index >= 15 is 0 Å². The lowest BCUT2D eigenvalue weighted by Gasteiger charge is -2.11. The Kier molecular flexibility index (Phi) is 2.78. The quantitative estimate of drug-likeness (QED) is 0.820. The van der Waals surface area contributed by atoms with E-state index in [2.05, 4.69) is 15.0 Å². The molecule has 5 nitrogen and oxygen atoms in total. The molecule has 0 aliphatic carbocycles. The number of rotatable bonds is 3. The Hall–Kier alpha value is -1.62. The van der Waals surface area contributed by atoms with Crippen LogP contribution in [0.5, 0.6) is 5.88 Å². The van der Waals surface area contributed by atoms with E-state index < -0.39 is 0 Å². The fraction of sp³-hybridized carbons (Fsp3) is 0.455. The zero-order valence-corrected chi connectivity index (χ0v) is 9.69. The molecule has 0 radical (unpaired) electrons. The van der Waals surface area contributed by atoms with Crippen molar-refractivity contribution in [3.05, 3.63) is 18.0 Å². The maximum absolute atomic E-state index is 5.84. The average Bonchev–Trinajstić information content (AvgIpc) is 2.69. The molecule has 2 heterocycles. The third-order valence-corrected chi connectivity index (χ3v) is 2.77. The minimum Gasteiger partial charge on any atom is -0.481 e. The van der Waals surface area contributed by atoms with E-state index in [0.717, 1.165) is 11.3 Å². The average molecular weight is 220 g/mol. The van der Waals surface area contributed by atoms with Gasteiger partial charge in [-0.1, -0.05) is 6.92 Å². The summed E-state index contributed by atoms with van der Waals surface area (Å²) in [6.45, 7) is 4.01. The second kappa shape index (κ2) is 4.09. The van der Waals surface area contributed by atoms with Gasteiger partial charge >= 0.3 is 0 Å². The van der Waals surface area contributed by atoms with Crippen LogP contribution in [0.3, 0.4) is 0 Å². The molecule has 0 fully saturated rings. The van der Waals surface area contributed by atoms with Crippen LogP contribution in [0.4, 0.5) is 0 Å². The number of nitrogens with two attached hydrogens (primary N) is 1. The molecule has 16 heavy (non-hydrogen) atoms. The van der Waals surface area contributed by atoms with E-state index in [4.69, 9.17) is 10.5 Å². The first-order valence-electron chi connectivity index (χ1n) is 5.28. The molecule has 86 valence electrons. The largest absolute Gasteiger partial charge is 0.481 e. The maximum Gasteiger partial charge on any atom is 0.215 e. The van der Waals surface area contributed by atoms with E-state index in [1.807, 2.05) is 19.9 Å². The zero-order chi connectivity index (χ0) is 11.7. The zero-order valence-electron chi connectivity index (χ0n) is 9.69. The fourth-order valence-corrected chi connectivity index (χ4v) is 1.47. The highest BCUT2D eigenvalue weighted by Gasteiger charge is 2.15. The van der Waals surface area contributed by atoms with Crippen LogP contribution in [0, 0.1) is 0 Å². The number of nitrogens with one attached hydrogen (secondary N) is 1. The molecule has 3 N–H and O–H groups in total. The summed E-state index contributed by atoms with van der Waals surface area (Å²) in [4.78, 5) is 11.9. The first-order valence-corrected chi connectivity index (χ1v) is 5.28. The van der Waals surface area contributed by atoms with Crippen LogP contribution in [0.1, 0.15) is 25.6 Å². The summed E-state index contributed by atoms with van der Waals surface area (Å²) in [5.41, 5.74) is 7.41. The summed E-state index contributed by atoms with van der Waals surface area (Å²) in [5, 5.41) is 0. The number of aromatic amines is 1. The van der Waals surface area contributed by atoms with Crippen LogP contribution >= 0.6 is 0 Å². The highest BCUT2D eigenvalue weighted by Crippen LogP contribution is 2.20. The standard InChI is InChI=1S/C11H16N4O/c1-6(7(2)12)10-13-8-4-5-9(16-3)14-11(8)15-10/h4-7H,12H2,1-3H3,(H,13,14,15). The molecule has 0 bridgehead atoms. The molecular weight excluding hydrogens is 204 g/mol. The number of methoxy groups -OCH3 is 1. The molecule has 2 atom stereocenters. The predicted octanol–water partition coefficient (Wildman–Crippen LogP) is 1.42. The van der Waals surface area contributed by atoms with Gasteiger partial charge < -0.3 is 15.5 Å². The molecule has 2 rings (SSSR count). The number of pyridine rings is 1. The number of hydrogen-bond acceptors (Lipinski definition) is 4. The van der Waals surface area contributed by atoms with Crippen molar-refractivity contribution in [3.8, 4) is 5.88 Å². The Bertz CT molecular complexity index is 492. The Morgan fingerprint density at radius 1 is 1.31 bits per heavy atom. The highest BCUT2D eigenvalue weighted by atomic mass is 16.5. The fourth-order valence-electron chi connectivity index (χ4n) is 1.47. The van der Waals surface area contributed by atoms with E-state index in [9.17, 15) is 0 Å². The summed E-state index contributed by atoms with van der Waals surface area (Å²) >= 11 is 0. The number of nitrogens with zero attached hydrogens (tertiary/aromatic N) is 2. The van der Waals surface area contributed by atoms with Gasteiger partial charge in [-0.2, -0.15) is 4.98 Å². The lowest BCUT2D eigenvalue weighted by molar-refractivity contribution is 0.399. The second-order valence-electron chi connectivity index (χ2n) is 3.99. The number of imidazole rings is 1. The van der Waals surface area contributed by atoms with Crippen LogP contribution in [-0.4, -0.2) is 28.1 Å². The van der Waals surface area contributed by atoms with Crippen LogP contribution in [0.25, 0.3) is 11.2 Å². The lowest BCUT2D eigenvalue weighted by Crippen LogP contribution is -2.23. The Morgan fingerprint density at radius 2 is 2.06 bits per heavy atom. The smallest absolute Gasteiger partial charge is 0.215 e. The molecule has 2 unspecified atom stereocenters. The maximum atomic E-state index is 5.84. The SMILES string of the molecule is COc1ccc2[nH]c(C(C)C(C)N)nc2n1. The molecule has 0 spiro atoms. The van der Waals surface area contributed by atoms with Gasteiger partial charge in [0.2, 0.25) is 5.88 Å². The van der Waals surface area contributed by atoms with Gasteiger partial charge in [0.15, 0.2) is 5.65 Å². The third kappa shape index (κ3) is 1.86. The van der Waals surface area contributed by atoms with Crippen molar-refractivity contribution in [1.29, 1.82) is 0 Å². The van der Waals surface area contributed by atoms with Crippen molar-refractivity contribution in [2.24, 2.45) is 5.73 Å². The topological polar surface area (TPSA) is 76.8 Å². The van der Waals surface area contributed by atoms with Gasteiger partial charge in [-0.15, -0.1) is 0 Å². The molecular formula is C11H16N4O. The van der Waals surface area contributed by atoms with Crippen LogP contribution in [0.2, 0.25) is 0 Å². The number of fused-ring (bicyclic) bond motifs is 1. The van der Waals surface area contributed by atoms with Crippen molar-refractivity contribution in [3.63, 3.8) is 0 Å². The van der Waals surface area contributed by atoms with Gasteiger partial charge in [0, 0.05) is 18.0 Å². The van der Waals surface area contributed by atoms with E-state index in [1.165, 1.54) is 0 Å². The summed E-state index contributed by atoms with van der Waals surface area (Å²) in [6.07, 6.45) is 0. The second-order valence-corrected chi connectivity index (χ2v) is 3.99. The molecule has 0 saturated carbocycles. The van der Waals surface area contributed by atoms with Gasteiger partial charge in [0.25, 0.3) is 0 Å². The van der Waals surface area contributed by atoms with Gasteiger partial charge in [-0.3, -0.25) is 0 Å². The normalized spacial score (nSPS) is 15.0. The van der Waals surface area contributed by atoms with Crippen LogP contribution < -0.4 is 10.5 Å². The molecule has 5 heteroatoms. The summed E-state index contributed by atoms with van der Waals surface area (Å²) in [6, 6.07) is 3.77. The van der Waals surface area contributed by atoms with Crippen molar-refractivity contribution < 1.29 is 4.74 Å². The molecule has 0 aliphatic heterocycles. The molecule has 2 aromatic heterocycles. The molecule has 2 aromatic rings. The first-order chi connectivity index (χ1) is 7.61. The van der Waals surface area contributed by atoms with Crippen LogP contribution in [-0.2, 0) is 0 Å². The first kappa shape index (κ1) is 10.9. The Balaban J connectivity index is 2.43. The van der Waals surface area contributed by atoms with Gasteiger partial charge in [-0.25, -0.2) is 4.98 Å². The summed E-state index contributed by atoms with van der Waals surface area (Å²) < 4.78 is 5.05. The highest BCUT2D eigenvalue weighted by molar-refractivity contribution is 5.71. The Labute approximate surface area is 94.0 Å². The van der Waals surface area contributed by atoms with Crippen molar-refractivity contribution in [1.82, 2.24) is 15.0 Å². The predicted molar refractivity (Wildman–Crippen MR) is 62.5 cm³/mol. The van der Waals surface area contributed by atoms with E-state index in [1.54, 1.807) is 13.2 Å². The minimum absolute atomic E-state index is 0.0578. The summed E-state index contributed by atoms with van der Waals surface area (Å²) in [7, 11) is 1.59. The minimum atomic E-state index is 0.0578. The van der Waals surface area contributed by atoms with Crippen molar-refractivity contribution in [2.45, 2.75) is 25.8 Å². The van der Waals surface area contributed by atoms with Gasteiger partial charge in [0.05, 0.1) is 12.6 Å². The lowest BCUT2D eigenvalue weighted by atomic mass is 10.0. The number of H-pyrrole nitrogens is 1.